The number of nitrogens with one attached hydrogen (secondary N) is 1. The van der Waals surface area contributed by atoms with Gasteiger partial charge in [0, 0.05) is 12.1 Å². The molecule has 0 bridgehead atoms. The Morgan fingerprint density at radius 2 is 2.00 bits per heavy atom. The highest BCUT2D eigenvalue weighted by molar-refractivity contribution is 5.86. The Bertz CT molecular complexity index is 638. The first-order chi connectivity index (χ1) is 11.4. The van der Waals surface area contributed by atoms with Crippen molar-refractivity contribution >= 4 is 12.0 Å². The second-order valence-corrected chi connectivity index (χ2v) is 6.72. The van der Waals surface area contributed by atoms with Crippen molar-refractivity contribution in [3.63, 3.8) is 0 Å². The number of likely N-dealkylation sites (tertiary alicyclic amines) is 1. The zero-order chi connectivity index (χ0) is 17.6. The van der Waals surface area contributed by atoms with Crippen molar-refractivity contribution in [1.29, 1.82) is 0 Å². The van der Waals surface area contributed by atoms with Gasteiger partial charge in [-0.15, -0.1) is 0 Å². The number of nitrogens with zero attached hydrogens (tertiary/aromatic N) is 1. The maximum Gasteiger partial charge on any atom is 0.410 e. The van der Waals surface area contributed by atoms with Gasteiger partial charge in [0.05, 0.1) is 6.54 Å². The monoisotopic (exact) mass is 328 g/mol. The SMILES string of the molecule is CC(C)(C)OC(=O)N1CCCC1C(=O)NCC#Cc1ccccc1. The van der Waals surface area contributed by atoms with Crippen LogP contribution >= 0.6 is 0 Å². The summed E-state index contributed by atoms with van der Waals surface area (Å²) >= 11 is 0. The first-order valence-corrected chi connectivity index (χ1v) is 8.18. The maximum atomic E-state index is 12.3. The Hall–Kier alpha value is -2.48. The van der Waals surface area contributed by atoms with Crippen LogP contribution in [0.5, 0.6) is 0 Å². The van der Waals surface area contributed by atoms with Crippen LogP contribution in [-0.2, 0) is 9.53 Å². The lowest BCUT2D eigenvalue weighted by Gasteiger charge is -2.27. The zero-order valence-corrected chi connectivity index (χ0v) is 14.5. The van der Waals surface area contributed by atoms with Gasteiger partial charge in [0.15, 0.2) is 0 Å². The standard InChI is InChI=1S/C19H24N2O3/c1-19(2,3)24-18(23)21-14-8-12-16(21)17(22)20-13-7-11-15-9-5-4-6-10-15/h4-6,9-10,16H,8,12-14H2,1-3H3,(H,20,22). The van der Waals surface area contributed by atoms with E-state index >= 15 is 0 Å². The van der Waals surface area contributed by atoms with Gasteiger partial charge in [0.25, 0.3) is 0 Å². The molecule has 2 amide bonds. The Balaban J connectivity index is 1.87. The van der Waals surface area contributed by atoms with Crippen LogP contribution in [0.4, 0.5) is 4.79 Å². The lowest BCUT2D eigenvalue weighted by atomic mass is 10.2. The quantitative estimate of drug-likeness (QED) is 0.849. The third kappa shape index (κ3) is 5.31. The Morgan fingerprint density at radius 3 is 2.67 bits per heavy atom. The average molecular weight is 328 g/mol. The van der Waals surface area contributed by atoms with Gasteiger partial charge in [-0.3, -0.25) is 9.69 Å². The molecule has 1 N–H and O–H groups in total. The van der Waals surface area contributed by atoms with Crippen molar-refractivity contribution in [2.75, 3.05) is 13.1 Å². The normalized spacial score (nSPS) is 17.0. The molecule has 24 heavy (non-hydrogen) atoms. The van der Waals surface area contributed by atoms with Crippen LogP contribution < -0.4 is 5.32 Å². The Kier molecular flexibility index (Phi) is 5.86. The van der Waals surface area contributed by atoms with E-state index in [1.54, 1.807) is 0 Å². The number of ether oxygens (including phenoxy) is 1. The molecule has 0 aromatic heterocycles. The fraction of sp³-hybridized carbons (Fsp3) is 0.474. The molecule has 0 radical (unpaired) electrons. The largest absolute Gasteiger partial charge is 0.444 e. The zero-order valence-electron chi connectivity index (χ0n) is 14.5. The second-order valence-electron chi connectivity index (χ2n) is 6.72. The average Bonchev–Trinajstić information content (AvgIpc) is 3.00. The lowest BCUT2D eigenvalue weighted by Crippen LogP contribution is -2.47. The summed E-state index contributed by atoms with van der Waals surface area (Å²) < 4.78 is 5.36. The number of hydrogen-bond donors (Lipinski definition) is 1. The highest BCUT2D eigenvalue weighted by Crippen LogP contribution is 2.20. The van der Waals surface area contributed by atoms with E-state index in [2.05, 4.69) is 17.2 Å². The van der Waals surface area contributed by atoms with Crippen LogP contribution in [0.1, 0.15) is 39.2 Å². The van der Waals surface area contributed by atoms with Crippen LogP contribution in [0.15, 0.2) is 30.3 Å². The molecule has 1 aliphatic rings. The van der Waals surface area contributed by atoms with Crippen LogP contribution in [0.25, 0.3) is 0 Å². The van der Waals surface area contributed by atoms with Gasteiger partial charge < -0.3 is 10.1 Å². The van der Waals surface area contributed by atoms with Gasteiger partial charge in [-0.2, -0.15) is 0 Å². The molecule has 0 saturated carbocycles. The van der Waals surface area contributed by atoms with Gasteiger partial charge in [-0.1, -0.05) is 30.0 Å². The minimum Gasteiger partial charge on any atom is -0.444 e. The van der Waals surface area contributed by atoms with E-state index in [9.17, 15) is 9.59 Å². The van der Waals surface area contributed by atoms with Crippen LogP contribution in [0.2, 0.25) is 0 Å². The molecule has 2 rings (SSSR count). The van der Waals surface area contributed by atoms with Gasteiger partial charge in [0.1, 0.15) is 11.6 Å². The van der Waals surface area contributed by atoms with E-state index in [-0.39, 0.29) is 12.5 Å². The van der Waals surface area contributed by atoms with Crippen molar-refractivity contribution in [3.8, 4) is 11.8 Å². The molecule has 1 aromatic rings. The Labute approximate surface area is 143 Å². The molecular formula is C19H24N2O3. The molecule has 0 spiro atoms. The Morgan fingerprint density at radius 1 is 1.29 bits per heavy atom. The van der Waals surface area contributed by atoms with E-state index in [0.717, 1.165) is 12.0 Å². The third-order valence-electron chi connectivity index (χ3n) is 3.54. The predicted octanol–water partition coefficient (Wildman–Crippen LogP) is 2.55. The van der Waals surface area contributed by atoms with Crippen molar-refractivity contribution < 1.29 is 14.3 Å². The van der Waals surface area contributed by atoms with E-state index in [0.29, 0.717) is 13.0 Å². The number of benzene rings is 1. The molecule has 5 heteroatoms. The van der Waals surface area contributed by atoms with E-state index in [4.69, 9.17) is 4.74 Å². The van der Waals surface area contributed by atoms with Crippen molar-refractivity contribution in [2.24, 2.45) is 0 Å². The highest BCUT2D eigenvalue weighted by atomic mass is 16.6. The summed E-state index contributed by atoms with van der Waals surface area (Å²) in [6, 6.07) is 9.11. The third-order valence-corrected chi connectivity index (χ3v) is 3.54. The van der Waals surface area contributed by atoms with Gasteiger partial charge in [-0.25, -0.2) is 4.79 Å². The number of carbonyl (C=O) groups excluding carboxylic acids is 2. The summed E-state index contributed by atoms with van der Waals surface area (Å²) in [5.41, 5.74) is 0.338. The second kappa shape index (κ2) is 7.87. The molecule has 1 heterocycles. The van der Waals surface area contributed by atoms with Crippen LogP contribution in [0, 0.1) is 11.8 Å². The molecule has 1 aromatic carbocycles. The predicted molar refractivity (Wildman–Crippen MR) is 92.3 cm³/mol. The summed E-state index contributed by atoms with van der Waals surface area (Å²) in [7, 11) is 0. The maximum absolute atomic E-state index is 12.3. The molecule has 5 nitrogen and oxygen atoms in total. The molecular weight excluding hydrogens is 304 g/mol. The van der Waals surface area contributed by atoms with Gasteiger partial charge >= 0.3 is 6.09 Å². The topological polar surface area (TPSA) is 58.6 Å². The molecule has 1 atom stereocenters. The summed E-state index contributed by atoms with van der Waals surface area (Å²) in [4.78, 5) is 26.0. The first-order valence-electron chi connectivity index (χ1n) is 8.18. The van der Waals surface area contributed by atoms with Crippen LogP contribution in [0.3, 0.4) is 0 Å². The van der Waals surface area contributed by atoms with Crippen molar-refractivity contribution in [1.82, 2.24) is 10.2 Å². The highest BCUT2D eigenvalue weighted by Gasteiger charge is 2.36. The molecule has 1 fully saturated rings. The summed E-state index contributed by atoms with van der Waals surface area (Å²) in [5.74, 6) is 5.73. The minimum atomic E-state index is -0.568. The van der Waals surface area contributed by atoms with Crippen molar-refractivity contribution in [3.05, 3.63) is 35.9 Å². The summed E-state index contributed by atoms with van der Waals surface area (Å²) in [6.45, 7) is 6.24. The van der Waals surface area contributed by atoms with Crippen molar-refractivity contribution in [2.45, 2.75) is 45.3 Å². The summed E-state index contributed by atoms with van der Waals surface area (Å²) in [5, 5.41) is 2.78. The number of rotatable bonds is 2. The number of carbonyl (C=O) groups is 2. The van der Waals surface area contributed by atoms with E-state index < -0.39 is 17.7 Å². The first kappa shape index (κ1) is 17.9. The molecule has 1 aliphatic heterocycles. The molecule has 1 saturated heterocycles. The van der Waals surface area contributed by atoms with Gasteiger partial charge in [-0.05, 0) is 45.7 Å². The number of hydrogen-bond acceptors (Lipinski definition) is 3. The van der Waals surface area contributed by atoms with E-state index in [1.807, 2.05) is 51.1 Å². The number of amides is 2. The van der Waals surface area contributed by atoms with Gasteiger partial charge in [0.2, 0.25) is 5.91 Å². The fourth-order valence-electron chi connectivity index (χ4n) is 2.50. The fourth-order valence-corrected chi connectivity index (χ4v) is 2.50. The summed E-state index contributed by atoms with van der Waals surface area (Å²) in [6.07, 6.45) is 1.01. The molecule has 1 unspecified atom stereocenters. The van der Waals surface area contributed by atoms with E-state index in [1.165, 1.54) is 4.90 Å². The van der Waals surface area contributed by atoms with Crippen LogP contribution in [-0.4, -0.2) is 41.6 Å². The molecule has 0 aliphatic carbocycles. The minimum absolute atomic E-state index is 0.180. The molecule has 128 valence electrons. The smallest absolute Gasteiger partial charge is 0.410 e. The lowest BCUT2D eigenvalue weighted by molar-refractivity contribution is -0.125.